The Balaban J connectivity index is 1.27. The van der Waals surface area contributed by atoms with Gasteiger partial charge in [0.2, 0.25) is 0 Å². The lowest BCUT2D eigenvalue weighted by Gasteiger charge is -2.18. The second kappa shape index (κ2) is 11.6. The first kappa shape index (κ1) is 29.7. The number of hydrogen-bond acceptors (Lipinski definition) is 7. The van der Waals surface area contributed by atoms with Gasteiger partial charge in [-0.15, -0.1) is 0 Å². The molecular weight excluding hydrogens is 592 g/mol. The van der Waals surface area contributed by atoms with Gasteiger partial charge in [-0.1, -0.05) is 36.4 Å². The molecule has 0 amide bonds. The predicted molar refractivity (Wildman–Crippen MR) is 172 cm³/mol. The van der Waals surface area contributed by atoms with Gasteiger partial charge in [0.1, 0.15) is 10.6 Å². The Morgan fingerprint density at radius 1 is 0.889 bits per heavy atom. The average Bonchev–Trinajstić information content (AvgIpc) is 3.01. The molecule has 0 aliphatic heterocycles. The highest BCUT2D eigenvalue weighted by atomic mass is 32.2. The number of ketones is 1. The van der Waals surface area contributed by atoms with Crippen LogP contribution in [0.2, 0.25) is 0 Å². The van der Waals surface area contributed by atoms with Gasteiger partial charge in [0.15, 0.2) is 5.78 Å². The number of carbonyl (C=O) groups excluding carboxylic acids is 1. The van der Waals surface area contributed by atoms with Gasteiger partial charge in [0.25, 0.3) is 10.1 Å². The number of carboxylic acid groups (broad SMARTS) is 1. The molecule has 0 spiro atoms. The van der Waals surface area contributed by atoms with Crippen molar-refractivity contribution in [2.75, 3.05) is 5.32 Å². The van der Waals surface area contributed by atoms with Crippen LogP contribution in [-0.2, 0) is 23.0 Å². The van der Waals surface area contributed by atoms with Gasteiger partial charge in [-0.25, -0.2) is 4.79 Å². The largest absolute Gasteiger partial charge is 0.507 e. The lowest BCUT2D eigenvalue weighted by molar-refractivity contribution is 0.0696. The standard InChI is InChI=1S/C35H28N2O7S/c1-20(36-26-13-9-23-16-22-4-2-3-5-28(22)33(38)30(23)18-26)6-15-29-32(45(42,43)44)17-24-10-14-27(19-31(24)34(29)39)37-25-11-7-21(8-12-25)35(40)41/h2-5,7-14,17-19,37,39H,6,15-16H2,1H3,(H,40,41)(H,42,43,44). The van der Waals surface area contributed by atoms with Crippen LogP contribution in [0.3, 0.4) is 0 Å². The van der Waals surface area contributed by atoms with Crippen molar-refractivity contribution in [2.45, 2.75) is 31.1 Å². The summed E-state index contributed by atoms with van der Waals surface area (Å²) < 4.78 is 34.7. The number of carboxylic acids is 1. The number of aromatic hydroxyl groups is 1. The Labute approximate surface area is 259 Å². The maximum absolute atomic E-state index is 13.1. The number of hydrogen-bond donors (Lipinski definition) is 4. The van der Waals surface area contributed by atoms with Gasteiger partial charge in [0, 0.05) is 39.2 Å². The summed E-state index contributed by atoms with van der Waals surface area (Å²) in [6.45, 7) is 1.78. The molecule has 0 unspecified atom stereocenters. The second-order valence-electron chi connectivity index (χ2n) is 11.0. The predicted octanol–water partition coefficient (Wildman–Crippen LogP) is 7.09. The number of aromatic carboxylic acids is 1. The molecule has 4 N–H and O–H groups in total. The van der Waals surface area contributed by atoms with Gasteiger partial charge >= 0.3 is 5.97 Å². The van der Waals surface area contributed by atoms with Crippen LogP contribution in [0.15, 0.2) is 101 Å². The summed E-state index contributed by atoms with van der Waals surface area (Å²) >= 11 is 0. The van der Waals surface area contributed by atoms with Gasteiger partial charge in [-0.3, -0.25) is 14.3 Å². The Kier molecular flexibility index (Phi) is 7.69. The molecule has 0 saturated heterocycles. The smallest absolute Gasteiger partial charge is 0.335 e. The van der Waals surface area contributed by atoms with E-state index in [9.17, 15) is 27.7 Å². The molecule has 0 aromatic heterocycles. The van der Waals surface area contributed by atoms with Crippen molar-refractivity contribution in [3.63, 3.8) is 0 Å². The van der Waals surface area contributed by atoms with E-state index in [4.69, 9.17) is 5.11 Å². The van der Waals surface area contributed by atoms with Crippen LogP contribution in [-0.4, -0.2) is 40.6 Å². The minimum Gasteiger partial charge on any atom is -0.507 e. The van der Waals surface area contributed by atoms with Crippen molar-refractivity contribution in [1.29, 1.82) is 0 Å². The third-order valence-corrected chi connectivity index (χ3v) is 8.83. The van der Waals surface area contributed by atoms with Crippen molar-refractivity contribution in [3.8, 4) is 5.75 Å². The third kappa shape index (κ3) is 6.06. The number of aliphatic imine (C=N–C) groups is 1. The van der Waals surface area contributed by atoms with Crippen LogP contribution in [0.4, 0.5) is 17.1 Å². The van der Waals surface area contributed by atoms with E-state index in [2.05, 4.69) is 10.3 Å². The Hall–Kier alpha value is -5.32. The zero-order chi connectivity index (χ0) is 31.9. The molecule has 45 heavy (non-hydrogen) atoms. The van der Waals surface area contributed by atoms with E-state index in [0.29, 0.717) is 51.1 Å². The fourth-order valence-corrected chi connectivity index (χ4v) is 6.42. The Morgan fingerprint density at radius 3 is 2.33 bits per heavy atom. The van der Waals surface area contributed by atoms with Gasteiger partial charge < -0.3 is 15.5 Å². The molecule has 5 aromatic rings. The summed E-state index contributed by atoms with van der Waals surface area (Å²) in [6, 6.07) is 25.4. The molecule has 5 aromatic carbocycles. The van der Waals surface area contributed by atoms with Crippen molar-refractivity contribution in [2.24, 2.45) is 4.99 Å². The summed E-state index contributed by atoms with van der Waals surface area (Å²) in [5.74, 6) is -1.37. The van der Waals surface area contributed by atoms with E-state index in [-0.39, 0.29) is 40.4 Å². The number of rotatable bonds is 8. The minimum atomic E-state index is -4.67. The molecule has 1 aliphatic rings. The zero-order valence-electron chi connectivity index (χ0n) is 24.1. The highest BCUT2D eigenvalue weighted by Gasteiger charge is 2.24. The molecule has 0 bridgehead atoms. The second-order valence-corrected chi connectivity index (χ2v) is 12.4. The summed E-state index contributed by atoms with van der Waals surface area (Å²) in [5, 5.41) is 24.3. The lowest BCUT2D eigenvalue weighted by Crippen LogP contribution is -2.14. The molecule has 226 valence electrons. The van der Waals surface area contributed by atoms with Gasteiger partial charge in [-0.2, -0.15) is 8.42 Å². The molecule has 0 heterocycles. The van der Waals surface area contributed by atoms with Crippen LogP contribution in [0.5, 0.6) is 5.75 Å². The van der Waals surface area contributed by atoms with E-state index in [1.165, 1.54) is 18.2 Å². The Bertz CT molecular complexity index is 2150. The molecule has 0 radical (unpaired) electrons. The highest BCUT2D eigenvalue weighted by molar-refractivity contribution is 7.85. The van der Waals surface area contributed by atoms with Gasteiger partial charge in [0.05, 0.1) is 11.3 Å². The fourth-order valence-electron chi connectivity index (χ4n) is 5.64. The number of nitrogens with zero attached hydrogens (tertiary/aromatic N) is 1. The van der Waals surface area contributed by atoms with Crippen LogP contribution >= 0.6 is 0 Å². The van der Waals surface area contributed by atoms with Crippen molar-refractivity contribution in [3.05, 3.63) is 124 Å². The normalized spacial score (nSPS) is 12.9. The summed E-state index contributed by atoms with van der Waals surface area (Å²) in [5.41, 5.74) is 5.83. The molecule has 10 heteroatoms. The number of anilines is 2. The minimum absolute atomic E-state index is 0.0495. The number of carbonyl (C=O) groups is 2. The van der Waals surface area contributed by atoms with Crippen molar-refractivity contribution >= 4 is 55.4 Å². The van der Waals surface area contributed by atoms with Crippen LogP contribution < -0.4 is 5.32 Å². The lowest BCUT2D eigenvalue weighted by atomic mass is 9.85. The van der Waals surface area contributed by atoms with Crippen LogP contribution in [0, 0.1) is 0 Å². The summed E-state index contributed by atoms with van der Waals surface area (Å²) in [7, 11) is -4.67. The van der Waals surface area contributed by atoms with Gasteiger partial charge in [-0.05, 0) is 97.3 Å². The Morgan fingerprint density at radius 2 is 1.60 bits per heavy atom. The molecule has 6 rings (SSSR count). The van der Waals surface area contributed by atoms with Crippen LogP contribution in [0.25, 0.3) is 10.8 Å². The number of nitrogens with one attached hydrogen (secondary N) is 1. The zero-order valence-corrected chi connectivity index (χ0v) is 24.9. The number of fused-ring (bicyclic) bond motifs is 3. The van der Waals surface area contributed by atoms with E-state index in [1.54, 1.807) is 43.3 Å². The first-order valence-electron chi connectivity index (χ1n) is 14.1. The first-order valence-corrected chi connectivity index (χ1v) is 15.6. The van der Waals surface area contributed by atoms with E-state index in [1.807, 2.05) is 36.4 Å². The maximum Gasteiger partial charge on any atom is 0.335 e. The molecule has 0 atom stereocenters. The summed E-state index contributed by atoms with van der Waals surface area (Å²) in [6.07, 6.45) is 0.995. The van der Waals surface area contributed by atoms with E-state index < -0.39 is 16.1 Å². The van der Waals surface area contributed by atoms with Crippen molar-refractivity contribution in [1.82, 2.24) is 0 Å². The number of benzene rings is 5. The topological polar surface area (TPSA) is 153 Å². The number of phenolic OH excluding ortho intramolecular Hbond substituents is 1. The molecular formula is C35H28N2O7S. The van der Waals surface area contributed by atoms with E-state index >= 15 is 0 Å². The fraction of sp³-hybridized carbons (Fsp3) is 0.114. The maximum atomic E-state index is 13.1. The van der Waals surface area contributed by atoms with E-state index in [0.717, 1.165) is 11.1 Å². The highest BCUT2D eigenvalue weighted by Crippen LogP contribution is 2.37. The molecule has 0 saturated carbocycles. The first-order chi connectivity index (χ1) is 21.5. The quantitative estimate of drug-likeness (QED) is 0.104. The average molecular weight is 621 g/mol. The SMILES string of the molecule is CC(CCc1c(S(=O)(=O)O)cc2ccc(Nc3ccc(C(=O)O)cc3)cc2c1O)=Nc1ccc2c(c1)C(=O)c1ccccc1C2. The number of phenols is 1. The monoisotopic (exact) mass is 620 g/mol. The molecule has 9 nitrogen and oxygen atoms in total. The molecule has 0 fully saturated rings. The van der Waals surface area contributed by atoms with Crippen molar-refractivity contribution < 1.29 is 32.8 Å². The van der Waals surface area contributed by atoms with Crippen LogP contribution in [0.1, 0.15) is 56.3 Å². The third-order valence-electron chi connectivity index (χ3n) is 7.91. The summed E-state index contributed by atoms with van der Waals surface area (Å²) in [4.78, 5) is 28.5. The molecule has 1 aliphatic carbocycles.